The Morgan fingerprint density at radius 3 is 2.71 bits per heavy atom. The summed E-state index contributed by atoms with van der Waals surface area (Å²) in [6.45, 7) is 5.53. The number of halogens is 1. The Kier molecular flexibility index (Phi) is 5.29. The molecule has 2 rings (SSSR count). The fourth-order valence-corrected chi connectivity index (χ4v) is 2.41. The van der Waals surface area contributed by atoms with Crippen molar-refractivity contribution in [2.45, 2.75) is 26.2 Å². The lowest BCUT2D eigenvalue weighted by atomic mass is 9.83. The highest BCUT2D eigenvalue weighted by atomic mass is 35.5. The van der Waals surface area contributed by atoms with Crippen molar-refractivity contribution < 1.29 is 14.3 Å². The van der Waals surface area contributed by atoms with Crippen LogP contribution in [0, 0.1) is 0 Å². The molecule has 0 bridgehead atoms. The predicted molar refractivity (Wildman–Crippen MR) is 92.3 cm³/mol. The van der Waals surface area contributed by atoms with E-state index in [2.05, 4.69) is 10.4 Å². The van der Waals surface area contributed by atoms with Crippen LogP contribution in [0.15, 0.2) is 30.5 Å². The number of amides is 1. The van der Waals surface area contributed by atoms with Crippen LogP contribution in [0.2, 0.25) is 5.02 Å². The first-order valence-corrected chi connectivity index (χ1v) is 7.91. The summed E-state index contributed by atoms with van der Waals surface area (Å²) in [5, 5.41) is 7.35. The maximum absolute atomic E-state index is 12.8. The smallest absolute Gasteiger partial charge is 0.343 e. The number of carbonyl (C=O) groups excluding carboxylic acids is 2. The van der Waals surface area contributed by atoms with E-state index in [-0.39, 0.29) is 18.1 Å². The van der Waals surface area contributed by atoms with Gasteiger partial charge in [0.1, 0.15) is 11.4 Å². The minimum Gasteiger partial charge on any atom is -0.462 e. The fraction of sp³-hybridized carbons (Fsp3) is 0.353. The van der Waals surface area contributed by atoms with Crippen molar-refractivity contribution in [3.63, 3.8) is 0 Å². The molecule has 0 aliphatic carbocycles. The van der Waals surface area contributed by atoms with Crippen molar-refractivity contribution in [1.29, 1.82) is 0 Å². The van der Waals surface area contributed by atoms with Gasteiger partial charge in [-0.2, -0.15) is 5.10 Å². The second-order valence-electron chi connectivity index (χ2n) is 5.84. The van der Waals surface area contributed by atoms with Crippen LogP contribution in [0.1, 0.15) is 36.7 Å². The molecule has 0 atom stereocenters. The summed E-state index contributed by atoms with van der Waals surface area (Å²) < 4.78 is 6.42. The van der Waals surface area contributed by atoms with Crippen molar-refractivity contribution >= 4 is 29.3 Å². The summed E-state index contributed by atoms with van der Waals surface area (Å²) >= 11 is 6.02. The van der Waals surface area contributed by atoms with E-state index >= 15 is 0 Å². The molecule has 1 aromatic carbocycles. The molecule has 0 saturated heterocycles. The lowest BCUT2D eigenvalue weighted by molar-refractivity contribution is -0.120. The maximum atomic E-state index is 12.8. The number of carbonyl (C=O) groups is 2. The normalized spacial score (nSPS) is 11.2. The van der Waals surface area contributed by atoms with Gasteiger partial charge in [0.25, 0.3) is 0 Å². The van der Waals surface area contributed by atoms with Gasteiger partial charge in [0.05, 0.1) is 18.2 Å². The Hall–Kier alpha value is -2.34. The Balaban J connectivity index is 2.29. The number of anilines is 1. The molecule has 7 heteroatoms. The number of aryl methyl sites for hydroxylation is 1. The Morgan fingerprint density at radius 1 is 1.38 bits per heavy atom. The molecule has 1 N–H and O–H groups in total. The zero-order chi connectivity index (χ0) is 17.9. The fourth-order valence-electron chi connectivity index (χ4n) is 2.22. The number of benzene rings is 1. The molecule has 2 aromatic rings. The average molecular weight is 350 g/mol. The van der Waals surface area contributed by atoms with Gasteiger partial charge >= 0.3 is 5.97 Å². The van der Waals surface area contributed by atoms with Crippen LogP contribution in [0.5, 0.6) is 0 Å². The third kappa shape index (κ3) is 3.59. The molecular weight excluding hydrogens is 330 g/mol. The summed E-state index contributed by atoms with van der Waals surface area (Å²) in [6.07, 6.45) is 1.37. The second kappa shape index (κ2) is 7.05. The molecule has 0 aliphatic heterocycles. The molecule has 24 heavy (non-hydrogen) atoms. The maximum Gasteiger partial charge on any atom is 0.343 e. The Labute approximate surface area is 145 Å². The van der Waals surface area contributed by atoms with E-state index in [0.29, 0.717) is 10.8 Å². The third-order valence-corrected chi connectivity index (χ3v) is 4.02. The van der Waals surface area contributed by atoms with E-state index in [1.54, 1.807) is 46.0 Å². The lowest BCUT2D eigenvalue weighted by Gasteiger charge is -2.24. The standard InChI is InChI=1S/C17H20ClN3O3/c1-5-24-15(22)13-10-19-21(4)14(13)20-16(23)17(2,3)11-7-6-8-12(18)9-11/h6-10H,5H2,1-4H3,(H,20,23). The van der Waals surface area contributed by atoms with Gasteiger partial charge in [0.2, 0.25) is 5.91 Å². The van der Waals surface area contributed by atoms with Crippen LogP contribution < -0.4 is 5.32 Å². The van der Waals surface area contributed by atoms with E-state index in [1.165, 1.54) is 10.9 Å². The van der Waals surface area contributed by atoms with Crippen LogP contribution in [-0.2, 0) is 22.0 Å². The number of nitrogens with zero attached hydrogens (tertiary/aromatic N) is 2. The average Bonchev–Trinajstić information content (AvgIpc) is 2.88. The first kappa shape index (κ1) is 18.0. The molecule has 1 heterocycles. The largest absolute Gasteiger partial charge is 0.462 e. The highest BCUT2D eigenvalue weighted by Crippen LogP contribution is 2.28. The Bertz CT molecular complexity index is 768. The number of ether oxygens (including phenoxy) is 1. The van der Waals surface area contributed by atoms with Gasteiger partial charge in [0.15, 0.2) is 0 Å². The third-order valence-electron chi connectivity index (χ3n) is 3.78. The molecule has 0 spiro atoms. The zero-order valence-electron chi connectivity index (χ0n) is 14.1. The van der Waals surface area contributed by atoms with Crippen molar-refractivity contribution in [2.75, 3.05) is 11.9 Å². The van der Waals surface area contributed by atoms with Gasteiger partial charge in [-0.3, -0.25) is 9.48 Å². The molecule has 1 amide bonds. The first-order chi connectivity index (χ1) is 11.3. The number of hydrogen-bond acceptors (Lipinski definition) is 4. The van der Waals surface area contributed by atoms with E-state index in [9.17, 15) is 9.59 Å². The van der Waals surface area contributed by atoms with Crippen LogP contribution in [-0.4, -0.2) is 28.3 Å². The van der Waals surface area contributed by atoms with Crippen LogP contribution >= 0.6 is 11.6 Å². The van der Waals surface area contributed by atoms with Gasteiger partial charge in [0, 0.05) is 12.1 Å². The van der Waals surface area contributed by atoms with Crippen molar-refractivity contribution in [3.8, 4) is 0 Å². The monoisotopic (exact) mass is 349 g/mol. The molecule has 128 valence electrons. The van der Waals surface area contributed by atoms with Gasteiger partial charge in [-0.15, -0.1) is 0 Å². The SMILES string of the molecule is CCOC(=O)c1cnn(C)c1NC(=O)C(C)(C)c1cccc(Cl)c1. The molecular formula is C17H20ClN3O3. The van der Waals surface area contributed by atoms with E-state index in [4.69, 9.17) is 16.3 Å². The highest BCUT2D eigenvalue weighted by molar-refractivity contribution is 6.30. The first-order valence-electron chi connectivity index (χ1n) is 7.54. The summed E-state index contributed by atoms with van der Waals surface area (Å²) in [4.78, 5) is 24.8. The van der Waals surface area contributed by atoms with Gasteiger partial charge in [-0.25, -0.2) is 4.79 Å². The second-order valence-corrected chi connectivity index (χ2v) is 6.28. The van der Waals surface area contributed by atoms with Crippen molar-refractivity contribution in [1.82, 2.24) is 9.78 Å². The van der Waals surface area contributed by atoms with E-state index < -0.39 is 11.4 Å². The summed E-state index contributed by atoms with van der Waals surface area (Å²) in [6, 6.07) is 7.12. The molecule has 0 unspecified atom stereocenters. The zero-order valence-corrected chi connectivity index (χ0v) is 14.8. The Morgan fingerprint density at radius 2 is 2.08 bits per heavy atom. The van der Waals surface area contributed by atoms with Crippen molar-refractivity contribution in [3.05, 3.63) is 46.6 Å². The minimum atomic E-state index is -0.846. The predicted octanol–water partition coefficient (Wildman–Crippen LogP) is 3.17. The van der Waals surface area contributed by atoms with E-state index in [0.717, 1.165) is 5.56 Å². The molecule has 1 aromatic heterocycles. The number of hydrogen-bond donors (Lipinski definition) is 1. The van der Waals surface area contributed by atoms with Crippen molar-refractivity contribution in [2.24, 2.45) is 7.05 Å². The summed E-state index contributed by atoms with van der Waals surface area (Å²) in [5.41, 5.74) is 0.142. The van der Waals surface area contributed by atoms with E-state index in [1.807, 2.05) is 6.07 Å². The number of nitrogens with one attached hydrogen (secondary N) is 1. The molecule has 6 nitrogen and oxygen atoms in total. The highest BCUT2D eigenvalue weighted by Gasteiger charge is 2.32. The topological polar surface area (TPSA) is 73.2 Å². The number of rotatable bonds is 5. The molecule has 0 fully saturated rings. The summed E-state index contributed by atoms with van der Waals surface area (Å²) in [7, 11) is 1.64. The number of aromatic nitrogens is 2. The van der Waals surface area contributed by atoms with Crippen LogP contribution in [0.4, 0.5) is 5.82 Å². The van der Waals surface area contributed by atoms with Gasteiger partial charge < -0.3 is 10.1 Å². The molecule has 0 aliphatic rings. The van der Waals surface area contributed by atoms with Gasteiger partial charge in [-0.1, -0.05) is 23.7 Å². The molecule has 0 saturated carbocycles. The van der Waals surface area contributed by atoms with Crippen LogP contribution in [0.3, 0.4) is 0 Å². The number of esters is 1. The van der Waals surface area contributed by atoms with Gasteiger partial charge in [-0.05, 0) is 38.5 Å². The minimum absolute atomic E-state index is 0.217. The van der Waals surface area contributed by atoms with Crippen LogP contribution in [0.25, 0.3) is 0 Å². The molecule has 0 radical (unpaired) electrons. The quantitative estimate of drug-likeness (QED) is 0.841. The summed E-state index contributed by atoms with van der Waals surface area (Å²) in [5.74, 6) is -0.506. The lowest BCUT2D eigenvalue weighted by Crippen LogP contribution is -2.35.